The summed E-state index contributed by atoms with van der Waals surface area (Å²) in [4.78, 5) is 33.7. The third kappa shape index (κ3) is 5.51. The molecule has 39 heavy (non-hydrogen) atoms. The number of aliphatic hydroxyl groups excluding tert-OH is 1. The minimum Gasteiger partial charge on any atom is -0.507 e. The van der Waals surface area contributed by atoms with Gasteiger partial charge in [-0.15, -0.1) is 0 Å². The minimum absolute atomic E-state index is 0.0334. The van der Waals surface area contributed by atoms with Gasteiger partial charge in [-0.05, 0) is 72.0 Å². The first-order valence-electron chi connectivity index (χ1n) is 12.4. The van der Waals surface area contributed by atoms with E-state index in [1.807, 2.05) is 36.4 Å². The van der Waals surface area contributed by atoms with Gasteiger partial charge >= 0.3 is 7.60 Å². The van der Waals surface area contributed by atoms with Crippen LogP contribution in [0.4, 0.5) is 10.1 Å². The van der Waals surface area contributed by atoms with E-state index in [0.717, 1.165) is 5.69 Å². The van der Waals surface area contributed by atoms with Crippen molar-refractivity contribution in [1.29, 1.82) is 0 Å². The van der Waals surface area contributed by atoms with Gasteiger partial charge in [0.15, 0.2) is 0 Å². The van der Waals surface area contributed by atoms with E-state index in [4.69, 9.17) is 0 Å². The maximum atomic E-state index is 13.3. The van der Waals surface area contributed by atoms with E-state index >= 15 is 0 Å². The first-order valence-corrected chi connectivity index (χ1v) is 14.1. The van der Waals surface area contributed by atoms with Gasteiger partial charge in [-0.2, -0.15) is 0 Å². The number of para-hydroxylation sites is 1. The monoisotopic (exact) mass is 547 g/mol. The Morgan fingerprint density at radius 3 is 2.18 bits per heavy atom. The second-order valence-corrected chi connectivity index (χ2v) is 11.2. The summed E-state index contributed by atoms with van der Waals surface area (Å²) in [6.45, 7) is 0. The number of β-lactam (4-membered cyclic amide) rings is 1. The molecule has 1 aliphatic rings. The summed E-state index contributed by atoms with van der Waals surface area (Å²) in [7, 11) is -4.38. The quantitative estimate of drug-likeness (QED) is 0.178. The van der Waals surface area contributed by atoms with Crippen molar-refractivity contribution in [1.82, 2.24) is 0 Å². The van der Waals surface area contributed by atoms with Crippen LogP contribution in [0.15, 0.2) is 97.1 Å². The second kappa shape index (κ2) is 10.8. The number of rotatable bonds is 8. The molecule has 3 unspecified atom stereocenters. The normalized spacial score (nSPS) is 18.1. The molecule has 3 atom stereocenters. The van der Waals surface area contributed by atoms with Crippen LogP contribution < -0.4 is 10.2 Å². The van der Waals surface area contributed by atoms with Gasteiger partial charge in [0.05, 0.1) is 23.4 Å². The van der Waals surface area contributed by atoms with Crippen molar-refractivity contribution in [2.45, 2.75) is 25.0 Å². The number of anilines is 1. The van der Waals surface area contributed by atoms with Crippen LogP contribution in [-0.4, -0.2) is 25.9 Å². The summed E-state index contributed by atoms with van der Waals surface area (Å²) in [6.07, 6.45) is -0.161. The molecule has 1 fully saturated rings. The summed E-state index contributed by atoms with van der Waals surface area (Å²) in [5, 5.41) is 21.4. The third-order valence-electron chi connectivity index (χ3n) is 7.13. The highest BCUT2D eigenvalue weighted by atomic mass is 31.2. The Hall–Kier alpha value is -3.81. The molecular weight excluding hydrogens is 520 g/mol. The molecule has 9 heteroatoms. The number of aromatic hydroxyl groups is 1. The predicted molar refractivity (Wildman–Crippen MR) is 146 cm³/mol. The number of phenolic OH excluding ortho intramolecular Hbond substituents is 1. The van der Waals surface area contributed by atoms with Gasteiger partial charge in [0.25, 0.3) is 0 Å². The average molecular weight is 548 g/mol. The number of carbonyl (C=O) groups is 1. The van der Waals surface area contributed by atoms with Crippen molar-refractivity contribution in [3.63, 3.8) is 0 Å². The smallest absolute Gasteiger partial charge is 0.356 e. The van der Waals surface area contributed by atoms with Crippen LogP contribution in [0.25, 0.3) is 11.1 Å². The van der Waals surface area contributed by atoms with E-state index in [2.05, 4.69) is 0 Å². The van der Waals surface area contributed by atoms with Gasteiger partial charge in [-0.3, -0.25) is 9.36 Å². The van der Waals surface area contributed by atoms with Crippen LogP contribution in [0.5, 0.6) is 5.75 Å². The molecule has 1 saturated heterocycles. The molecule has 5 rings (SSSR count). The summed E-state index contributed by atoms with van der Waals surface area (Å²) in [5.41, 5.74) is 3.08. The topological polar surface area (TPSA) is 118 Å². The number of carbonyl (C=O) groups excluding carboxylic acids is 1. The minimum atomic E-state index is -4.38. The summed E-state index contributed by atoms with van der Waals surface area (Å²) >= 11 is 0. The van der Waals surface area contributed by atoms with E-state index < -0.39 is 19.6 Å². The SMILES string of the molecule is O=C1C(CCC(O)c2ccc(F)cc2)C(c2ccc(-c3ccc(P(=O)(O)O)cc3)c(O)c2)N1c1ccccc1. The molecule has 4 aromatic carbocycles. The molecule has 200 valence electrons. The predicted octanol–water partition coefficient (Wildman–Crippen LogP) is 5.22. The van der Waals surface area contributed by atoms with Gasteiger partial charge < -0.3 is 24.9 Å². The largest absolute Gasteiger partial charge is 0.507 e. The highest BCUT2D eigenvalue weighted by molar-refractivity contribution is 7.60. The van der Waals surface area contributed by atoms with Crippen molar-refractivity contribution >= 4 is 24.5 Å². The molecule has 4 N–H and O–H groups in total. The molecule has 4 aromatic rings. The Morgan fingerprint density at radius 1 is 0.897 bits per heavy atom. The fourth-order valence-corrected chi connectivity index (χ4v) is 5.63. The van der Waals surface area contributed by atoms with E-state index in [1.54, 1.807) is 17.0 Å². The number of phenols is 1. The zero-order chi connectivity index (χ0) is 27.7. The zero-order valence-electron chi connectivity index (χ0n) is 20.8. The van der Waals surface area contributed by atoms with Crippen LogP contribution in [0.1, 0.15) is 36.1 Å². The number of aliphatic hydroxyl groups is 1. The van der Waals surface area contributed by atoms with Gasteiger partial charge in [0, 0.05) is 11.3 Å². The second-order valence-electron chi connectivity index (χ2n) is 9.61. The van der Waals surface area contributed by atoms with Crippen molar-refractivity contribution in [3.8, 4) is 16.9 Å². The molecule has 1 aliphatic heterocycles. The Morgan fingerprint density at radius 2 is 1.56 bits per heavy atom. The summed E-state index contributed by atoms with van der Waals surface area (Å²) < 4.78 is 24.8. The lowest BCUT2D eigenvalue weighted by molar-refractivity contribution is -0.131. The van der Waals surface area contributed by atoms with E-state index in [0.29, 0.717) is 35.1 Å². The molecule has 0 radical (unpaired) electrons. The molecule has 1 heterocycles. The maximum absolute atomic E-state index is 13.3. The number of nitrogens with zero attached hydrogens (tertiary/aromatic N) is 1. The Bertz CT molecular complexity index is 1520. The average Bonchev–Trinajstić information content (AvgIpc) is 2.92. The summed E-state index contributed by atoms with van der Waals surface area (Å²) in [6, 6.07) is 25.3. The number of amides is 1. The number of benzene rings is 4. The van der Waals surface area contributed by atoms with Gasteiger partial charge in [-0.25, -0.2) is 4.39 Å². The number of hydrogen-bond donors (Lipinski definition) is 4. The maximum Gasteiger partial charge on any atom is 0.356 e. The number of halogens is 1. The standard InChI is InChI=1S/C30H27FNO6P/c31-22-11-6-20(7-12-22)27(33)17-16-26-29(32(30(26)35)23-4-2-1-3-5-23)21-10-15-25(28(34)18-21)19-8-13-24(14-9-19)39(36,37)38/h1-15,18,26-27,29,33-34H,16-17H2,(H2,36,37,38). The van der Waals surface area contributed by atoms with E-state index in [9.17, 15) is 33.7 Å². The Labute approximate surface area is 225 Å². The van der Waals surface area contributed by atoms with Crippen LogP contribution in [0.3, 0.4) is 0 Å². The van der Waals surface area contributed by atoms with E-state index in [-0.39, 0.29) is 28.8 Å². The van der Waals surface area contributed by atoms with Gasteiger partial charge in [-0.1, -0.05) is 54.6 Å². The zero-order valence-corrected chi connectivity index (χ0v) is 21.7. The molecule has 0 saturated carbocycles. The molecule has 0 aromatic heterocycles. The van der Waals surface area contributed by atoms with Crippen molar-refractivity contribution in [3.05, 3.63) is 114 Å². The van der Waals surface area contributed by atoms with Crippen molar-refractivity contribution < 1.29 is 33.7 Å². The molecule has 1 amide bonds. The van der Waals surface area contributed by atoms with Crippen LogP contribution >= 0.6 is 7.60 Å². The highest BCUT2D eigenvalue weighted by Crippen LogP contribution is 2.47. The van der Waals surface area contributed by atoms with Crippen LogP contribution in [0, 0.1) is 11.7 Å². The Kier molecular flexibility index (Phi) is 7.38. The molecule has 0 spiro atoms. The fraction of sp³-hybridized carbons (Fsp3) is 0.167. The van der Waals surface area contributed by atoms with Crippen molar-refractivity contribution in [2.75, 3.05) is 4.90 Å². The molecular formula is C30H27FNO6P. The lowest BCUT2D eigenvalue weighted by Gasteiger charge is -2.48. The lowest BCUT2D eigenvalue weighted by atomic mass is 9.78. The lowest BCUT2D eigenvalue weighted by Crippen LogP contribution is -2.55. The first kappa shape index (κ1) is 26.8. The first-order chi connectivity index (χ1) is 18.6. The van der Waals surface area contributed by atoms with Crippen LogP contribution in [-0.2, 0) is 9.36 Å². The third-order valence-corrected chi connectivity index (χ3v) is 8.10. The molecule has 0 aliphatic carbocycles. The van der Waals surface area contributed by atoms with Crippen LogP contribution in [0.2, 0.25) is 0 Å². The molecule has 7 nitrogen and oxygen atoms in total. The highest BCUT2D eigenvalue weighted by Gasteiger charge is 2.48. The van der Waals surface area contributed by atoms with Gasteiger partial charge in [0.2, 0.25) is 5.91 Å². The van der Waals surface area contributed by atoms with E-state index in [1.165, 1.54) is 48.5 Å². The Balaban J connectivity index is 1.41. The summed E-state index contributed by atoms with van der Waals surface area (Å²) in [5.74, 6) is -0.948. The van der Waals surface area contributed by atoms with Crippen molar-refractivity contribution in [2.24, 2.45) is 5.92 Å². The fourth-order valence-electron chi connectivity index (χ4n) is 5.09. The number of hydrogen-bond acceptors (Lipinski definition) is 4. The molecule has 0 bridgehead atoms. The van der Waals surface area contributed by atoms with Gasteiger partial charge in [0.1, 0.15) is 11.6 Å².